The van der Waals surface area contributed by atoms with Gasteiger partial charge in [0.05, 0.1) is 11.6 Å². The number of thiazole rings is 1. The molecule has 1 unspecified atom stereocenters. The van der Waals surface area contributed by atoms with Gasteiger partial charge in [-0.05, 0) is 50.5 Å². The number of likely N-dealkylation sites (tertiary alicyclic amines) is 1. The number of aromatic nitrogens is 2. The molecule has 1 aliphatic heterocycles. The fourth-order valence-corrected chi connectivity index (χ4v) is 4.67. The number of hydrogen-bond donors (Lipinski definition) is 0. The lowest BCUT2D eigenvalue weighted by molar-refractivity contribution is 0.0735. The summed E-state index contributed by atoms with van der Waals surface area (Å²) in [5, 5.41) is 3.57. The lowest BCUT2D eigenvalue weighted by Gasteiger charge is -2.25. The molecule has 4 rings (SSSR count). The van der Waals surface area contributed by atoms with Crippen molar-refractivity contribution in [3.8, 4) is 5.13 Å². The lowest BCUT2D eigenvalue weighted by atomic mass is 10.0. The van der Waals surface area contributed by atoms with Crippen LogP contribution in [-0.4, -0.2) is 26.9 Å². The van der Waals surface area contributed by atoms with Crippen LogP contribution in [0.3, 0.4) is 0 Å². The SMILES string of the molecule is Cc1cc(C(=O)N2CCCC2c2ccc(Cl)cc2)c(C)n1-c1nccs1. The van der Waals surface area contributed by atoms with Gasteiger partial charge < -0.3 is 4.90 Å². The summed E-state index contributed by atoms with van der Waals surface area (Å²) in [6, 6.07) is 9.94. The van der Waals surface area contributed by atoms with Crippen LogP contribution < -0.4 is 0 Å². The molecule has 1 saturated heterocycles. The summed E-state index contributed by atoms with van der Waals surface area (Å²) in [6.45, 7) is 4.80. The Labute approximate surface area is 162 Å². The van der Waals surface area contributed by atoms with Crippen LogP contribution in [0, 0.1) is 13.8 Å². The van der Waals surface area contributed by atoms with E-state index in [0.29, 0.717) is 0 Å². The van der Waals surface area contributed by atoms with Crippen LogP contribution in [0.15, 0.2) is 41.9 Å². The van der Waals surface area contributed by atoms with Crippen LogP contribution in [0.5, 0.6) is 0 Å². The maximum Gasteiger partial charge on any atom is 0.256 e. The molecule has 134 valence electrons. The van der Waals surface area contributed by atoms with Gasteiger partial charge >= 0.3 is 0 Å². The highest BCUT2D eigenvalue weighted by Crippen LogP contribution is 2.35. The molecule has 0 saturated carbocycles. The molecule has 1 aromatic carbocycles. The molecule has 0 spiro atoms. The Bertz CT molecular complexity index is 931. The summed E-state index contributed by atoms with van der Waals surface area (Å²) in [7, 11) is 0. The molecule has 0 aliphatic carbocycles. The molecule has 4 nitrogen and oxygen atoms in total. The average Bonchev–Trinajstić information content (AvgIpc) is 3.35. The molecule has 26 heavy (non-hydrogen) atoms. The highest BCUT2D eigenvalue weighted by atomic mass is 35.5. The van der Waals surface area contributed by atoms with Crippen LogP contribution in [0.2, 0.25) is 5.02 Å². The van der Waals surface area contributed by atoms with Crippen LogP contribution in [0.25, 0.3) is 5.13 Å². The van der Waals surface area contributed by atoms with E-state index in [1.54, 1.807) is 17.5 Å². The summed E-state index contributed by atoms with van der Waals surface area (Å²) in [5.41, 5.74) is 3.89. The van der Waals surface area contributed by atoms with Gasteiger partial charge in [-0.15, -0.1) is 11.3 Å². The molecule has 1 atom stereocenters. The average molecular weight is 386 g/mol. The Morgan fingerprint density at radius 3 is 2.73 bits per heavy atom. The van der Waals surface area contributed by atoms with Crippen molar-refractivity contribution < 1.29 is 4.79 Å². The summed E-state index contributed by atoms with van der Waals surface area (Å²) in [6.07, 6.45) is 3.79. The Kier molecular flexibility index (Phi) is 4.59. The number of nitrogens with zero attached hydrogens (tertiary/aromatic N) is 3. The number of amides is 1. The van der Waals surface area contributed by atoms with Gasteiger partial charge in [-0.2, -0.15) is 0 Å². The quantitative estimate of drug-likeness (QED) is 0.622. The highest BCUT2D eigenvalue weighted by molar-refractivity contribution is 7.12. The van der Waals surface area contributed by atoms with Gasteiger partial charge in [0, 0.05) is 34.5 Å². The second-order valence-corrected chi connectivity index (χ2v) is 7.95. The number of rotatable bonds is 3. The number of carbonyl (C=O) groups is 1. The molecule has 1 fully saturated rings. The fourth-order valence-electron chi connectivity index (χ4n) is 3.80. The minimum Gasteiger partial charge on any atom is -0.332 e. The van der Waals surface area contributed by atoms with Gasteiger partial charge in [0.25, 0.3) is 5.91 Å². The topological polar surface area (TPSA) is 38.1 Å². The number of aryl methyl sites for hydroxylation is 1. The second kappa shape index (κ2) is 6.89. The largest absolute Gasteiger partial charge is 0.332 e. The van der Waals surface area contributed by atoms with E-state index in [9.17, 15) is 4.79 Å². The molecular weight excluding hydrogens is 366 g/mol. The van der Waals surface area contributed by atoms with Crippen molar-refractivity contribution in [3.05, 3.63) is 69.4 Å². The number of benzene rings is 1. The third kappa shape index (κ3) is 2.95. The van der Waals surface area contributed by atoms with Gasteiger partial charge in [0.15, 0.2) is 5.13 Å². The maximum atomic E-state index is 13.3. The molecule has 0 bridgehead atoms. The Morgan fingerprint density at radius 1 is 1.27 bits per heavy atom. The normalized spacial score (nSPS) is 17.0. The first-order chi connectivity index (χ1) is 12.6. The first-order valence-corrected chi connectivity index (χ1v) is 9.97. The zero-order valence-corrected chi connectivity index (χ0v) is 16.3. The summed E-state index contributed by atoms with van der Waals surface area (Å²) in [4.78, 5) is 19.7. The van der Waals surface area contributed by atoms with E-state index in [2.05, 4.69) is 9.55 Å². The Balaban J connectivity index is 1.67. The third-order valence-electron chi connectivity index (χ3n) is 5.04. The number of hydrogen-bond acceptors (Lipinski definition) is 3. The van der Waals surface area contributed by atoms with E-state index >= 15 is 0 Å². The van der Waals surface area contributed by atoms with E-state index in [4.69, 9.17) is 11.6 Å². The monoisotopic (exact) mass is 385 g/mol. The van der Waals surface area contributed by atoms with E-state index in [1.807, 2.05) is 54.5 Å². The third-order valence-corrected chi connectivity index (χ3v) is 6.05. The van der Waals surface area contributed by atoms with Crippen molar-refractivity contribution in [2.45, 2.75) is 32.7 Å². The van der Waals surface area contributed by atoms with Gasteiger partial charge in [-0.1, -0.05) is 23.7 Å². The highest BCUT2D eigenvalue weighted by Gasteiger charge is 2.32. The molecule has 0 radical (unpaired) electrons. The smallest absolute Gasteiger partial charge is 0.256 e. The number of carbonyl (C=O) groups excluding carboxylic acids is 1. The maximum absolute atomic E-state index is 13.3. The zero-order chi connectivity index (χ0) is 18.3. The van der Waals surface area contributed by atoms with Crippen molar-refractivity contribution in [2.75, 3.05) is 6.54 Å². The van der Waals surface area contributed by atoms with Crippen molar-refractivity contribution >= 4 is 28.8 Å². The first-order valence-electron chi connectivity index (χ1n) is 8.71. The minimum atomic E-state index is 0.0957. The second-order valence-electron chi connectivity index (χ2n) is 6.64. The molecule has 0 N–H and O–H groups in total. The lowest BCUT2D eigenvalue weighted by Crippen LogP contribution is -2.30. The zero-order valence-electron chi connectivity index (χ0n) is 14.8. The number of halogens is 1. The summed E-state index contributed by atoms with van der Waals surface area (Å²) < 4.78 is 2.06. The van der Waals surface area contributed by atoms with Crippen molar-refractivity contribution in [1.29, 1.82) is 0 Å². The van der Waals surface area contributed by atoms with Crippen molar-refractivity contribution in [1.82, 2.24) is 14.5 Å². The summed E-state index contributed by atoms with van der Waals surface area (Å²) in [5.74, 6) is 0.0957. The molecule has 1 aliphatic rings. The molecule has 3 heterocycles. The van der Waals surface area contributed by atoms with Gasteiger partial charge in [-0.25, -0.2) is 4.98 Å². The van der Waals surface area contributed by atoms with Crippen molar-refractivity contribution in [2.24, 2.45) is 0 Å². The molecule has 6 heteroatoms. The molecular formula is C20H20ClN3OS. The van der Waals surface area contributed by atoms with E-state index in [1.165, 1.54) is 0 Å². The van der Waals surface area contributed by atoms with E-state index in [0.717, 1.165) is 52.1 Å². The van der Waals surface area contributed by atoms with Crippen LogP contribution in [0.4, 0.5) is 0 Å². The van der Waals surface area contributed by atoms with Gasteiger partial charge in [0.2, 0.25) is 0 Å². The van der Waals surface area contributed by atoms with Crippen molar-refractivity contribution in [3.63, 3.8) is 0 Å². The molecule has 1 amide bonds. The standard InChI is InChI=1S/C20H20ClN3OS/c1-13-12-17(14(2)24(13)20-22-9-11-26-20)19(25)23-10-3-4-18(23)15-5-7-16(21)8-6-15/h5-9,11-12,18H,3-4,10H2,1-2H3. The fraction of sp³-hybridized carbons (Fsp3) is 0.300. The van der Waals surface area contributed by atoms with Gasteiger partial charge in [-0.3, -0.25) is 9.36 Å². The predicted octanol–water partition coefficient (Wildman–Crippen LogP) is 5.18. The van der Waals surface area contributed by atoms with Crippen LogP contribution >= 0.6 is 22.9 Å². The van der Waals surface area contributed by atoms with Gasteiger partial charge in [0.1, 0.15) is 0 Å². The molecule has 2 aromatic heterocycles. The summed E-state index contributed by atoms with van der Waals surface area (Å²) >= 11 is 7.59. The van der Waals surface area contributed by atoms with Crippen LogP contribution in [-0.2, 0) is 0 Å². The Morgan fingerprint density at radius 2 is 2.04 bits per heavy atom. The minimum absolute atomic E-state index is 0.0957. The molecule has 3 aromatic rings. The first kappa shape index (κ1) is 17.3. The predicted molar refractivity (Wildman–Crippen MR) is 105 cm³/mol. The van der Waals surface area contributed by atoms with Crippen LogP contribution in [0.1, 0.15) is 46.2 Å². The van der Waals surface area contributed by atoms with E-state index < -0.39 is 0 Å². The van der Waals surface area contributed by atoms with E-state index in [-0.39, 0.29) is 11.9 Å². The Hall–Kier alpha value is -2.11.